The molecule has 0 aromatic rings. The van der Waals surface area contributed by atoms with E-state index in [-0.39, 0.29) is 18.6 Å². The number of hydrogen-bond acceptors (Lipinski definition) is 3. The molecule has 2 N–H and O–H groups in total. The number of ether oxygens (including phenoxy) is 1. The molecule has 20 heavy (non-hydrogen) atoms. The van der Waals surface area contributed by atoms with Gasteiger partial charge in [-0.1, -0.05) is 26.7 Å². The molecule has 0 heterocycles. The lowest BCUT2D eigenvalue weighted by Crippen LogP contribution is -2.49. The molecule has 1 unspecified atom stereocenters. The summed E-state index contributed by atoms with van der Waals surface area (Å²) in [5.41, 5.74) is 0. The second kappa shape index (κ2) is 8.09. The van der Waals surface area contributed by atoms with Gasteiger partial charge in [0.15, 0.2) is 6.10 Å². The summed E-state index contributed by atoms with van der Waals surface area (Å²) in [6, 6.07) is 0.0946. The maximum absolute atomic E-state index is 12.3. The Balaban J connectivity index is 2.56. The standard InChI is InChI=1S/C14H26N2O4/c1-10(2)9-16(11-6-4-5-7-11)14(19)15-8-12(20-3)13(17)18/h10-12H,4-9H2,1-3H3,(H,15,19)(H,17,18). The van der Waals surface area contributed by atoms with Gasteiger partial charge in [-0.25, -0.2) is 9.59 Å². The third-order valence-electron chi connectivity index (χ3n) is 3.59. The number of carbonyl (C=O) groups excluding carboxylic acids is 1. The van der Waals surface area contributed by atoms with E-state index >= 15 is 0 Å². The highest BCUT2D eigenvalue weighted by Gasteiger charge is 2.28. The van der Waals surface area contributed by atoms with Crippen LogP contribution in [-0.4, -0.2) is 54.4 Å². The third-order valence-corrected chi connectivity index (χ3v) is 3.59. The van der Waals surface area contributed by atoms with E-state index in [0.29, 0.717) is 12.5 Å². The number of rotatable bonds is 7. The number of nitrogens with one attached hydrogen (secondary N) is 1. The zero-order chi connectivity index (χ0) is 15.1. The zero-order valence-electron chi connectivity index (χ0n) is 12.6. The zero-order valence-corrected chi connectivity index (χ0v) is 12.6. The smallest absolute Gasteiger partial charge is 0.334 e. The third kappa shape index (κ3) is 5.00. The van der Waals surface area contributed by atoms with E-state index in [0.717, 1.165) is 25.7 Å². The van der Waals surface area contributed by atoms with Gasteiger partial charge in [-0.15, -0.1) is 0 Å². The van der Waals surface area contributed by atoms with Crippen LogP contribution in [-0.2, 0) is 9.53 Å². The molecule has 6 heteroatoms. The molecule has 1 atom stereocenters. The topological polar surface area (TPSA) is 78.9 Å². The molecule has 1 aliphatic carbocycles. The summed E-state index contributed by atoms with van der Waals surface area (Å²) in [7, 11) is 1.33. The van der Waals surface area contributed by atoms with Gasteiger partial charge in [0.05, 0.1) is 6.54 Å². The van der Waals surface area contributed by atoms with E-state index in [1.165, 1.54) is 7.11 Å². The lowest BCUT2D eigenvalue weighted by atomic mass is 10.1. The Morgan fingerprint density at radius 1 is 1.35 bits per heavy atom. The number of hydrogen-bond donors (Lipinski definition) is 2. The van der Waals surface area contributed by atoms with Gasteiger partial charge in [-0.2, -0.15) is 0 Å². The quantitative estimate of drug-likeness (QED) is 0.746. The summed E-state index contributed by atoms with van der Waals surface area (Å²) in [5, 5.41) is 11.6. The molecule has 0 aromatic heterocycles. The van der Waals surface area contributed by atoms with E-state index in [2.05, 4.69) is 19.2 Å². The van der Waals surface area contributed by atoms with Crippen molar-refractivity contribution >= 4 is 12.0 Å². The van der Waals surface area contributed by atoms with Crippen LogP contribution in [0.4, 0.5) is 4.79 Å². The number of nitrogens with zero attached hydrogens (tertiary/aromatic N) is 1. The van der Waals surface area contributed by atoms with E-state index in [1.807, 2.05) is 4.90 Å². The van der Waals surface area contributed by atoms with Gasteiger partial charge in [0.1, 0.15) is 0 Å². The largest absolute Gasteiger partial charge is 0.479 e. The van der Waals surface area contributed by atoms with E-state index in [9.17, 15) is 9.59 Å². The summed E-state index contributed by atoms with van der Waals surface area (Å²) >= 11 is 0. The first-order valence-corrected chi connectivity index (χ1v) is 7.25. The van der Waals surface area contributed by atoms with E-state index in [4.69, 9.17) is 9.84 Å². The summed E-state index contributed by atoms with van der Waals surface area (Å²) in [4.78, 5) is 25.0. The van der Waals surface area contributed by atoms with Crippen molar-refractivity contribution in [2.75, 3.05) is 20.2 Å². The normalized spacial score (nSPS) is 17.2. The monoisotopic (exact) mass is 286 g/mol. The molecular weight excluding hydrogens is 260 g/mol. The molecule has 2 amide bonds. The average molecular weight is 286 g/mol. The second-order valence-electron chi connectivity index (χ2n) is 5.73. The van der Waals surface area contributed by atoms with Crippen molar-refractivity contribution < 1.29 is 19.4 Å². The highest BCUT2D eigenvalue weighted by atomic mass is 16.5. The van der Waals surface area contributed by atoms with Gasteiger partial charge in [-0.05, 0) is 18.8 Å². The molecule has 1 aliphatic rings. The summed E-state index contributed by atoms with van der Waals surface area (Å²) < 4.78 is 4.82. The SMILES string of the molecule is COC(CNC(=O)N(CC(C)C)C1CCCC1)C(=O)O. The van der Waals surface area contributed by atoms with Gasteiger partial charge >= 0.3 is 12.0 Å². The van der Waals surface area contributed by atoms with Gasteiger partial charge in [0, 0.05) is 19.7 Å². The molecule has 0 saturated heterocycles. The molecule has 116 valence electrons. The maximum atomic E-state index is 12.3. The van der Waals surface area contributed by atoms with Gasteiger partial charge in [-0.3, -0.25) is 0 Å². The van der Waals surface area contributed by atoms with Crippen LogP contribution in [0.3, 0.4) is 0 Å². The molecule has 0 bridgehead atoms. The van der Waals surface area contributed by atoms with Crippen molar-refractivity contribution in [2.24, 2.45) is 5.92 Å². The molecule has 1 saturated carbocycles. The van der Waals surface area contributed by atoms with Crippen LogP contribution in [0.1, 0.15) is 39.5 Å². The van der Waals surface area contributed by atoms with Crippen LogP contribution in [0.15, 0.2) is 0 Å². The molecule has 0 spiro atoms. The van der Waals surface area contributed by atoms with Crippen LogP contribution in [0.2, 0.25) is 0 Å². The summed E-state index contributed by atoms with van der Waals surface area (Å²) in [6.07, 6.45) is 3.38. The molecule has 0 aromatic carbocycles. The van der Waals surface area contributed by atoms with Crippen LogP contribution in [0.25, 0.3) is 0 Å². The fourth-order valence-electron chi connectivity index (χ4n) is 2.56. The maximum Gasteiger partial charge on any atom is 0.334 e. The van der Waals surface area contributed by atoms with Crippen molar-refractivity contribution in [1.29, 1.82) is 0 Å². The highest BCUT2D eigenvalue weighted by Crippen LogP contribution is 2.24. The fourth-order valence-corrected chi connectivity index (χ4v) is 2.56. The van der Waals surface area contributed by atoms with Gasteiger partial charge in [0.2, 0.25) is 0 Å². The molecule has 1 fully saturated rings. The van der Waals surface area contributed by atoms with Crippen molar-refractivity contribution in [3.05, 3.63) is 0 Å². The number of urea groups is 1. The number of amides is 2. The van der Waals surface area contributed by atoms with Crippen molar-refractivity contribution in [3.8, 4) is 0 Å². The summed E-state index contributed by atoms with van der Waals surface area (Å²) in [5.74, 6) is -0.678. The molecule has 0 radical (unpaired) electrons. The van der Waals surface area contributed by atoms with Gasteiger partial charge in [0.25, 0.3) is 0 Å². The minimum Gasteiger partial charge on any atom is -0.479 e. The lowest BCUT2D eigenvalue weighted by molar-refractivity contribution is -0.148. The first-order valence-electron chi connectivity index (χ1n) is 7.25. The summed E-state index contributed by atoms with van der Waals surface area (Å²) in [6.45, 7) is 4.84. The Labute approximate surface area is 120 Å². The minimum atomic E-state index is -1.07. The van der Waals surface area contributed by atoms with Crippen molar-refractivity contribution in [3.63, 3.8) is 0 Å². The molecule has 1 rings (SSSR count). The van der Waals surface area contributed by atoms with Crippen molar-refractivity contribution in [1.82, 2.24) is 10.2 Å². The number of carboxylic acids is 1. The number of methoxy groups -OCH3 is 1. The molecular formula is C14H26N2O4. The van der Waals surface area contributed by atoms with Crippen molar-refractivity contribution in [2.45, 2.75) is 51.7 Å². The predicted octanol–water partition coefficient (Wildman–Crippen LogP) is 1.70. The Kier molecular flexibility index (Phi) is 6.78. The number of carbonyl (C=O) groups is 2. The average Bonchev–Trinajstić information content (AvgIpc) is 2.89. The Morgan fingerprint density at radius 2 is 1.95 bits per heavy atom. The Morgan fingerprint density at radius 3 is 2.40 bits per heavy atom. The number of aliphatic carboxylic acids is 1. The Hall–Kier alpha value is -1.30. The first kappa shape index (κ1) is 16.8. The predicted molar refractivity (Wildman–Crippen MR) is 75.6 cm³/mol. The first-order chi connectivity index (χ1) is 9.45. The van der Waals surface area contributed by atoms with Crippen LogP contribution in [0, 0.1) is 5.92 Å². The second-order valence-corrected chi connectivity index (χ2v) is 5.73. The molecule has 6 nitrogen and oxygen atoms in total. The van der Waals surface area contributed by atoms with Gasteiger partial charge < -0.3 is 20.1 Å². The van der Waals surface area contributed by atoms with Crippen LogP contribution < -0.4 is 5.32 Å². The highest BCUT2D eigenvalue weighted by molar-refractivity contribution is 5.77. The van der Waals surface area contributed by atoms with E-state index in [1.54, 1.807) is 0 Å². The molecule has 0 aliphatic heterocycles. The fraction of sp³-hybridized carbons (Fsp3) is 0.857. The number of carboxylic acid groups (broad SMARTS) is 1. The lowest BCUT2D eigenvalue weighted by Gasteiger charge is -2.31. The Bertz CT molecular complexity index is 327. The van der Waals surface area contributed by atoms with Crippen LogP contribution in [0.5, 0.6) is 0 Å². The van der Waals surface area contributed by atoms with Crippen LogP contribution >= 0.6 is 0 Å². The van der Waals surface area contributed by atoms with E-state index < -0.39 is 12.1 Å². The minimum absolute atomic E-state index is 0.00795.